The lowest BCUT2D eigenvalue weighted by Gasteiger charge is -2.04. The standard InChI is InChI=1S/C13H16N4S2.HI/c14-12(17-11-5-2-1-3-6-11)15-7-4-9-18-13-16-8-10-19-13;/h1-3,5-6,8,10H,4,7,9H2,(H3,14,15,17);1H. The molecule has 1 heterocycles. The van der Waals surface area contributed by atoms with E-state index in [4.69, 9.17) is 5.73 Å². The summed E-state index contributed by atoms with van der Waals surface area (Å²) in [4.78, 5) is 8.50. The first-order valence-electron chi connectivity index (χ1n) is 5.99. The molecule has 1 aromatic heterocycles. The van der Waals surface area contributed by atoms with Crippen LogP contribution < -0.4 is 11.1 Å². The number of hydrogen-bond acceptors (Lipinski definition) is 4. The van der Waals surface area contributed by atoms with Gasteiger partial charge in [0, 0.05) is 29.6 Å². The summed E-state index contributed by atoms with van der Waals surface area (Å²) in [7, 11) is 0. The average molecular weight is 420 g/mol. The van der Waals surface area contributed by atoms with Gasteiger partial charge in [0.15, 0.2) is 5.96 Å². The molecule has 0 fully saturated rings. The first-order chi connectivity index (χ1) is 9.34. The molecular formula is C13H17IN4S2. The van der Waals surface area contributed by atoms with Crippen LogP contribution in [0.15, 0.2) is 51.2 Å². The Balaban J connectivity index is 0.00000200. The summed E-state index contributed by atoms with van der Waals surface area (Å²) in [6, 6.07) is 9.80. The molecule has 7 heteroatoms. The van der Waals surface area contributed by atoms with Crippen LogP contribution in [-0.2, 0) is 0 Å². The van der Waals surface area contributed by atoms with Crippen LogP contribution in [0.1, 0.15) is 6.42 Å². The second-order valence-corrected chi connectivity index (χ2v) is 5.99. The number of aliphatic imine (C=N–C) groups is 1. The van der Waals surface area contributed by atoms with Gasteiger partial charge in [-0.2, -0.15) is 0 Å². The van der Waals surface area contributed by atoms with Gasteiger partial charge in [-0.3, -0.25) is 4.99 Å². The number of para-hydroxylation sites is 1. The minimum absolute atomic E-state index is 0. The number of rotatable bonds is 6. The number of nitrogens with one attached hydrogen (secondary N) is 1. The molecule has 3 N–H and O–H groups in total. The van der Waals surface area contributed by atoms with Gasteiger partial charge in [0.2, 0.25) is 0 Å². The lowest BCUT2D eigenvalue weighted by atomic mass is 10.3. The summed E-state index contributed by atoms with van der Waals surface area (Å²) in [5.41, 5.74) is 6.76. The van der Waals surface area contributed by atoms with Crippen LogP contribution in [0.4, 0.5) is 5.69 Å². The third kappa shape index (κ3) is 6.58. The lowest BCUT2D eigenvalue weighted by Crippen LogP contribution is -2.22. The highest BCUT2D eigenvalue weighted by Crippen LogP contribution is 2.20. The molecular weight excluding hydrogens is 403 g/mol. The molecule has 0 bridgehead atoms. The second-order valence-electron chi connectivity index (χ2n) is 3.76. The molecule has 2 rings (SSSR count). The number of aromatic nitrogens is 1. The van der Waals surface area contributed by atoms with Crippen molar-refractivity contribution in [3.05, 3.63) is 41.9 Å². The minimum Gasteiger partial charge on any atom is -0.370 e. The van der Waals surface area contributed by atoms with Crippen molar-refractivity contribution in [3.8, 4) is 0 Å². The normalized spacial score (nSPS) is 10.9. The van der Waals surface area contributed by atoms with Gasteiger partial charge >= 0.3 is 0 Å². The molecule has 0 saturated carbocycles. The monoisotopic (exact) mass is 420 g/mol. The Bertz CT molecular complexity index is 502. The number of guanidine groups is 1. The number of thioether (sulfide) groups is 1. The van der Waals surface area contributed by atoms with E-state index in [1.165, 1.54) is 0 Å². The van der Waals surface area contributed by atoms with Gasteiger partial charge in [0.1, 0.15) is 4.34 Å². The third-order valence-corrected chi connectivity index (χ3v) is 4.32. The number of halogens is 1. The van der Waals surface area contributed by atoms with Crippen LogP contribution in [0.5, 0.6) is 0 Å². The molecule has 0 spiro atoms. The fourth-order valence-corrected chi connectivity index (χ4v) is 3.05. The Hall–Kier alpha value is -0.800. The van der Waals surface area contributed by atoms with E-state index >= 15 is 0 Å². The van der Waals surface area contributed by atoms with Crippen LogP contribution in [0.3, 0.4) is 0 Å². The molecule has 0 amide bonds. The van der Waals surface area contributed by atoms with Crippen molar-refractivity contribution in [1.82, 2.24) is 4.98 Å². The molecule has 4 nitrogen and oxygen atoms in total. The van der Waals surface area contributed by atoms with Crippen molar-refractivity contribution in [2.75, 3.05) is 17.6 Å². The van der Waals surface area contributed by atoms with Gasteiger partial charge in [-0.25, -0.2) is 4.98 Å². The highest BCUT2D eigenvalue weighted by Gasteiger charge is 1.96. The zero-order chi connectivity index (χ0) is 13.3. The minimum atomic E-state index is 0. The van der Waals surface area contributed by atoms with Gasteiger partial charge in [-0.1, -0.05) is 30.0 Å². The first kappa shape index (κ1) is 17.3. The Morgan fingerprint density at radius 2 is 2.15 bits per heavy atom. The van der Waals surface area contributed by atoms with Crippen molar-refractivity contribution in [2.24, 2.45) is 10.7 Å². The average Bonchev–Trinajstić information content (AvgIpc) is 2.92. The number of thiazole rings is 1. The van der Waals surface area contributed by atoms with Crippen molar-refractivity contribution in [1.29, 1.82) is 0 Å². The van der Waals surface area contributed by atoms with Gasteiger partial charge in [0.05, 0.1) is 0 Å². The van der Waals surface area contributed by atoms with Crippen LogP contribution in [-0.4, -0.2) is 23.2 Å². The molecule has 0 atom stereocenters. The predicted octanol–water partition coefficient (Wildman–Crippen LogP) is 3.67. The Labute approximate surface area is 144 Å². The van der Waals surface area contributed by atoms with E-state index in [1.54, 1.807) is 23.1 Å². The van der Waals surface area contributed by atoms with Crippen molar-refractivity contribution >= 4 is 58.7 Å². The molecule has 1 aromatic carbocycles. The number of anilines is 1. The summed E-state index contributed by atoms with van der Waals surface area (Å²) in [5.74, 6) is 1.47. The van der Waals surface area contributed by atoms with Crippen molar-refractivity contribution < 1.29 is 0 Å². The maximum Gasteiger partial charge on any atom is 0.193 e. The molecule has 0 aliphatic heterocycles. The van der Waals surface area contributed by atoms with Crippen molar-refractivity contribution in [3.63, 3.8) is 0 Å². The van der Waals surface area contributed by atoms with E-state index in [0.717, 1.165) is 28.7 Å². The summed E-state index contributed by atoms with van der Waals surface area (Å²) in [6.45, 7) is 0.726. The lowest BCUT2D eigenvalue weighted by molar-refractivity contribution is 0.939. The molecule has 20 heavy (non-hydrogen) atoms. The maximum absolute atomic E-state index is 5.80. The fraction of sp³-hybridized carbons (Fsp3) is 0.231. The number of hydrogen-bond donors (Lipinski definition) is 2. The smallest absolute Gasteiger partial charge is 0.193 e. The molecule has 0 radical (unpaired) electrons. The summed E-state index contributed by atoms with van der Waals surface area (Å²) in [5, 5.41) is 5.05. The quantitative estimate of drug-likeness (QED) is 0.246. The fourth-order valence-electron chi connectivity index (χ4n) is 1.41. The number of nitrogens with zero attached hydrogens (tertiary/aromatic N) is 2. The summed E-state index contributed by atoms with van der Waals surface area (Å²) >= 11 is 3.43. The second kappa shape index (κ2) is 10.0. The van der Waals surface area contributed by atoms with Crippen LogP contribution in [0.2, 0.25) is 0 Å². The highest BCUT2D eigenvalue weighted by atomic mass is 127. The van der Waals surface area contributed by atoms with Crippen molar-refractivity contribution in [2.45, 2.75) is 10.8 Å². The molecule has 108 valence electrons. The van der Waals surface area contributed by atoms with Gasteiger partial charge < -0.3 is 11.1 Å². The molecule has 0 unspecified atom stereocenters. The molecule has 0 saturated heterocycles. The van der Waals surface area contributed by atoms with Gasteiger partial charge in [-0.15, -0.1) is 35.3 Å². The largest absolute Gasteiger partial charge is 0.370 e. The topological polar surface area (TPSA) is 63.3 Å². The molecule has 0 aliphatic carbocycles. The van der Waals surface area contributed by atoms with E-state index in [0.29, 0.717) is 5.96 Å². The van der Waals surface area contributed by atoms with Crippen LogP contribution >= 0.6 is 47.1 Å². The van der Waals surface area contributed by atoms with E-state index in [1.807, 2.05) is 41.9 Å². The molecule has 2 aromatic rings. The van der Waals surface area contributed by atoms with Gasteiger partial charge in [0.25, 0.3) is 0 Å². The van der Waals surface area contributed by atoms with E-state index in [9.17, 15) is 0 Å². The zero-order valence-electron chi connectivity index (χ0n) is 10.9. The Morgan fingerprint density at radius 1 is 1.35 bits per heavy atom. The molecule has 0 aliphatic rings. The van der Waals surface area contributed by atoms with E-state index in [2.05, 4.69) is 15.3 Å². The van der Waals surface area contributed by atoms with E-state index < -0.39 is 0 Å². The third-order valence-electron chi connectivity index (χ3n) is 2.27. The summed E-state index contributed by atoms with van der Waals surface area (Å²) in [6.07, 6.45) is 2.81. The number of benzene rings is 1. The Kier molecular flexibility index (Phi) is 8.63. The van der Waals surface area contributed by atoms with Crippen LogP contribution in [0.25, 0.3) is 0 Å². The first-order valence-corrected chi connectivity index (χ1v) is 7.85. The van der Waals surface area contributed by atoms with Gasteiger partial charge in [-0.05, 0) is 18.6 Å². The SMILES string of the molecule is I.NC(=NCCCSc1nccs1)Nc1ccccc1. The highest BCUT2D eigenvalue weighted by molar-refractivity contribution is 14.0. The predicted molar refractivity (Wildman–Crippen MR) is 99.4 cm³/mol. The maximum atomic E-state index is 5.80. The zero-order valence-corrected chi connectivity index (χ0v) is 14.8. The number of nitrogens with two attached hydrogens (primary N) is 1. The van der Waals surface area contributed by atoms with Crippen LogP contribution in [0, 0.1) is 0 Å². The Morgan fingerprint density at radius 3 is 2.85 bits per heavy atom. The van der Waals surface area contributed by atoms with E-state index in [-0.39, 0.29) is 24.0 Å². The summed E-state index contributed by atoms with van der Waals surface area (Å²) < 4.78 is 1.11.